The largest absolute Gasteiger partial charge is 0.309 e. The minimum atomic E-state index is 0.433. The zero-order chi connectivity index (χ0) is 13.4. The number of hydrogen-bond acceptors (Lipinski definition) is 2. The van der Waals surface area contributed by atoms with E-state index in [1.54, 1.807) is 0 Å². The molecule has 0 aliphatic rings. The molecule has 0 aromatic heterocycles. The summed E-state index contributed by atoms with van der Waals surface area (Å²) in [6.45, 7) is 11.3. The third-order valence-corrected chi connectivity index (χ3v) is 3.95. The second-order valence-electron chi connectivity index (χ2n) is 4.66. The average molecular weight is 360 g/mol. The van der Waals surface area contributed by atoms with Gasteiger partial charge >= 0.3 is 0 Å². The summed E-state index contributed by atoms with van der Waals surface area (Å²) in [5.74, 6) is 0. The van der Waals surface area contributed by atoms with E-state index < -0.39 is 0 Å². The summed E-state index contributed by atoms with van der Waals surface area (Å²) >= 11 is 2.34. The Balaban J connectivity index is 2.32. The highest BCUT2D eigenvalue weighted by Crippen LogP contribution is 2.14. The molecule has 18 heavy (non-hydrogen) atoms. The molecule has 2 nitrogen and oxygen atoms in total. The van der Waals surface area contributed by atoms with Gasteiger partial charge in [0.05, 0.1) is 0 Å². The third kappa shape index (κ3) is 5.67. The van der Waals surface area contributed by atoms with E-state index in [0.717, 1.165) is 19.6 Å². The Labute approximate surface area is 125 Å². The lowest BCUT2D eigenvalue weighted by Gasteiger charge is -2.21. The van der Waals surface area contributed by atoms with E-state index in [2.05, 4.69) is 77.8 Å². The first-order chi connectivity index (χ1) is 8.67. The number of benzene rings is 1. The normalized spacial score (nSPS) is 12.9. The van der Waals surface area contributed by atoms with Crippen molar-refractivity contribution in [3.05, 3.63) is 33.4 Å². The molecule has 0 aliphatic heterocycles. The first-order valence-corrected chi connectivity index (χ1v) is 7.96. The Morgan fingerprint density at radius 1 is 1.17 bits per heavy atom. The van der Waals surface area contributed by atoms with Gasteiger partial charge in [-0.2, -0.15) is 0 Å². The molecule has 0 aliphatic carbocycles. The maximum absolute atomic E-state index is 3.60. The minimum Gasteiger partial charge on any atom is -0.309 e. The molecule has 1 atom stereocenters. The SMILES string of the molecule is CCCN(CC)CCNC(C)c1ccc(I)cc1. The van der Waals surface area contributed by atoms with Crippen molar-refractivity contribution in [2.45, 2.75) is 33.2 Å². The molecule has 0 spiro atoms. The van der Waals surface area contributed by atoms with Crippen LogP contribution in [0.1, 0.15) is 38.8 Å². The molecule has 0 amide bonds. The van der Waals surface area contributed by atoms with Crippen molar-refractivity contribution in [2.75, 3.05) is 26.2 Å². The van der Waals surface area contributed by atoms with E-state index in [9.17, 15) is 0 Å². The van der Waals surface area contributed by atoms with E-state index in [4.69, 9.17) is 0 Å². The average Bonchev–Trinajstić information content (AvgIpc) is 2.38. The molecule has 102 valence electrons. The highest BCUT2D eigenvalue weighted by atomic mass is 127. The topological polar surface area (TPSA) is 15.3 Å². The highest BCUT2D eigenvalue weighted by molar-refractivity contribution is 14.1. The van der Waals surface area contributed by atoms with Crippen LogP contribution in [-0.4, -0.2) is 31.1 Å². The Bertz CT molecular complexity index is 324. The van der Waals surface area contributed by atoms with Gasteiger partial charge in [-0.25, -0.2) is 0 Å². The maximum atomic E-state index is 3.60. The van der Waals surface area contributed by atoms with Gasteiger partial charge in [-0.15, -0.1) is 0 Å². The zero-order valence-electron chi connectivity index (χ0n) is 11.7. The quantitative estimate of drug-likeness (QED) is 0.712. The third-order valence-electron chi connectivity index (χ3n) is 3.24. The predicted octanol–water partition coefficient (Wildman–Crippen LogP) is 3.67. The number of halogens is 1. The molecule has 0 saturated heterocycles. The van der Waals surface area contributed by atoms with Crippen LogP contribution in [0.4, 0.5) is 0 Å². The first-order valence-electron chi connectivity index (χ1n) is 6.88. The zero-order valence-corrected chi connectivity index (χ0v) is 13.9. The van der Waals surface area contributed by atoms with Crippen molar-refractivity contribution >= 4 is 22.6 Å². The molecule has 0 heterocycles. The number of nitrogens with zero attached hydrogens (tertiary/aromatic N) is 1. The van der Waals surface area contributed by atoms with E-state index >= 15 is 0 Å². The molecule has 1 N–H and O–H groups in total. The van der Waals surface area contributed by atoms with E-state index in [1.807, 2.05) is 0 Å². The van der Waals surface area contributed by atoms with Crippen molar-refractivity contribution in [3.63, 3.8) is 0 Å². The van der Waals surface area contributed by atoms with Gasteiger partial charge in [-0.3, -0.25) is 0 Å². The molecule has 0 saturated carbocycles. The van der Waals surface area contributed by atoms with E-state index in [0.29, 0.717) is 6.04 Å². The summed E-state index contributed by atoms with van der Waals surface area (Å²) in [5.41, 5.74) is 1.37. The Morgan fingerprint density at radius 2 is 1.83 bits per heavy atom. The monoisotopic (exact) mass is 360 g/mol. The summed E-state index contributed by atoms with van der Waals surface area (Å²) in [7, 11) is 0. The number of likely N-dealkylation sites (N-methyl/N-ethyl adjacent to an activating group) is 1. The molecule has 1 rings (SSSR count). The fourth-order valence-corrected chi connectivity index (χ4v) is 2.41. The van der Waals surface area contributed by atoms with Gasteiger partial charge < -0.3 is 10.2 Å². The number of hydrogen-bond donors (Lipinski definition) is 1. The lowest BCUT2D eigenvalue weighted by molar-refractivity contribution is 0.284. The minimum absolute atomic E-state index is 0.433. The molecule has 0 radical (unpaired) electrons. The van der Waals surface area contributed by atoms with Crippen LogP contribution >= 0.6 is 22.6 Å². The van der Waals surface area contributed by atoms with Crippen molar-refractivity contribution in [3.8, 4) is 0 Å². The molecule has 0 bridgehead atoms. The first kappa shape index (κ1) is 15.9. The van der Waals surface area contributed by atoms with Crippen LogP contribution in [0.5, 0.6) is 0 Å². The summed E-state index contributed by atoms with van der Waals surface area (Å²) in [5, 5.41) is 3.60. The molecule has 1 aromatic carbocycles. The second-order valence-corrected chi connectivity index (χ2v) is 5.91. The van der Waals surface area contributed by atoms with Crippen LogP contribution < -0.4 is 5.32 Å². The second kappa shape index (κ2) is 8.88. The summed E-state index contributed by atoms with van der Waals surface area (Å²) < 4.78 is 1.30. The highest BCUT2D eigenvalue weighted by Gasteiger charge is 2.05. The van der Waals surface area contributed by atoms with Crippen molar-refractivity contribution in [2.24, 2.45) is 0 Å². The molecule has 0 fully saturated rings. The van der Waals surface area contributed by atoms with Crippen LogP contribution in [0.15, 0.2) is 24.3 Å². The van der Waals surface area contributed by atoms with Gasteiger partial charge in [0.15, 0.2) is 0 Å². The Morgan fingerprint density at radius 3 is 2.39 bits per heavy atom. The molecule has 3 heteroatoms. The lowest BCUT2D eigenvalue weighted by Crippen LogP contribution is -2.33. The lowest BCUT2D eigenvalue weighted by atomic mass is 10.1. The van der Waals surface area contributed by atoms with Crippen LogP contribution in [0, 0.1) is 3.57 Å². The smallest absolute Gasteiger partial charge is 0.0292 e. The predicted molar refractivity (Wildman–Crippen MR) is 88.0 cm³/mol. The van der Waals surface area contributed by atoms with Crippen molar-refractivity contribution < 1.29 is 0 Å². The van der Waals surface area contributed by atoms with Crippen molar-refractivity contribution in [1.29, 1.82) is 0 Å². The standard InChI is InChI=1S/C15H25IN2/c1-4-11-18(5-2)12-10-17-13(3)14-6-8-15(16)9-7-14/h6-9,13,17H,4-5,10-12H2,1-3H3. The molecular formula is C15H25IN2. The van der Waals surface area contributed by atoms with Crippen LogP contribution in [0.25, 0.3) is 0 Å². The molecule has 1 aromatic rings. The maximum Gasteiger partial charge on any atom is 0.0292 e. The molecular weight excluding hydrogens is 335 g/mol. The van der Waals surface area contributed by atoms with E-state index in [1.165, 1.54) is 22.1 Å². The number of nitrogens with one attached hydrogen (secondary N) is 1. The van der Waals surface area contributed by atoms with Gasteiger partial charge in [0.25, 0.3) is 0 Å². The fraction of sp³-hybridized carbons (Fsp3) is 0.600. The summed E-state index contributed by atoms with van der Waals surface area (Å²) in [6, 6.07) is 9.20. The van der Waals surface area contributed by atoms with E-state index in [-0.39, 0.29) is 0 Å². The van der Waals surface area contributed by atoms with Crippen molar-refractivity contribution in [1.82, 2.24) is 10.2 Å². The van der Waals surface area contributed by atoms with Gasteiger partial charge in [0, 0.05) is 22.7 Å². The Kier molecular flexibility index (Phi) is 7.86. The van der Waals surface area contributed by atoms with Gasteiger partial charge in [-0.05, 0) is 66.7 Å². The van der Waals surface area contributed by atoms with Crippen LogP contribution in [0.3, 0.4) is 0 Å². The Hall–Kier alpha value is -0.130. The van der Waals surface area contributed by atoms with Gasteiger partial charge in [0.2, 0.25) is 0 Å². The molecule has 1 unspecified atom stereocenters. The summed E-state index contributed by atoms with van der Waals surface area (Å²) in [4.78, 5) is 2.49. The fourth-order valence-electron chi connectivity index (χ4n) is 2.05. The summed E-state index contributed by atoms with van der Waals surface area (Å²) in [6.07, 6.45) is 1.24. The van der Waals surface area contributed by atoms with Crippen LogP contribution in [0.2, 0.25) is 0 Å². The van der Waals surface area contributed by atoms with Crippen LogP contribution in [-0.2, 0) is 0 Å². The van der Waals surface area contributed by atoms with Gasteiger partial charge in [-0.1, -0.05) is 26.0 Å². The number of rotatable bonds is 8. The van der Waals surface area contributed by atoms with Gasteiger partial charge in [0.1, 0.15) is 0 Å².